The molecule has 0 aliphatic rings. The average Bonchev–Trinajstić information content (AvgIpc) is 2.55. The maximum Gasteiger partial charge on any atom is 0.316 e. The van der Waals surface area contributed by atoms with Crippen molar-refractivity contribution in [1.82, 2.24) is 9.97 Å². The number of nitro groups is 1. The summed E-state index contributed by atoms with van der Waals surface area (Å²) in [5, 5.41) is 11.4. The lowest BCUT2D eigenvalue weighted by molar-refractivity contribution is -0.385. The molecule has 0 fully saturated rings. The summed E-state index contributed by atoms with van der Waals surface area (Å²) >= 11 is 0. The van der Waals surface area contributed by atoms with E-state index in [-0.39, 0.29) is 22.9 Å². The van der Waals surface area contributed by atoms with Gasteiger partial charge in [0.1, 0.15) is 17.3 Å². The number of aryl methyl sites for hydroxylation is 1. The van der Waals surface area contributed by atoms with Gasteiger partial charge in [0, 0.05) is 11.1 Å². The van der Waals surface area contributed by atoms with Crippen molar-refractivity contribution in [2.24, 2.45) is 0 Å². The number of hydrogen-bond donors (Lipinski definition) is 0. The van der Waals surface area contributed by atoms with E-state index in [9.17, 15) is 18.9 Å². The van der Waals surface area contributed by atoms with Crippen LogP contribution >= 0.6 is 0 Å². The van der Waals surface area contributed by atoms with Gasteiger partial charge in [-0.1, -0.05) is 0 Å². The summed E-state index contributed by atoms with van der Waals surface area (Å²) in [4.78, 5) is 19.2. The minimum absolute atomic E-state index is 0.0897. The van der Waals surface area contributed by atoms with Crippen LogP contribution in [0.3, 0.4) is 0 Å². The minimum atomic E-state index is -0.567. The van der Waals surface area contributed by atoms with Gasteiger partial charge in [-0.25, -0.2) is 18.7 Å². The maximum atomic E-state index is 13.1. The minimum Gasteiger partial charge on any atom is -0.258 e. The van der Waals surface area contributed by atoms with E-state index >= 15 is 0 Å². The second-order valence-corrected chi connectivity index (χ2v) is 5.10. The highest BCUT2D eigenvalue weighted by atomic mass is 19.1. The molecule has 1 aromatic heterocycles. The first kappa shape index (κ1) is 15.7. The van der Waals surface area contributed by atoms with E-state index in [0.29, 0.717) is 11.1 Å². The Labute approximate surface area is 135 Å². The predicted molar refractivity (Wildman–Crippen MR) is 84.2 cm³/mol. The smallest absolute Gasteiger partial charge is 0.258 e. The van der Waals surface area contributed by atoms with E-state index in [4.69, 9.17) is 0 Å². The van der Waals surface area contributed by atoms with Crippen LogP contribution in [0.5, 0.6) is 0 Å². The summed E-state index contributed by atoms with van der Waals surface area (Å²) in [5.41, 5.74) is 0.947. The molecule has 5 nitrogen and oxygen atoms in total. The van der Waals surface area contributed by atoms with Gasteiger partial charge in [0.05, 0.1) is 4.92 Å². The standard InChI is InChI=1S/C17H11F2N3O2/c1-10-16(22(23)24)15(11-2-6-13(18)7-3-11)21-17(20-10)12-4-8-14(19)9-5-12/h2-9H,1H3. The van der Waals surface area contributed by atoms with Gasteiger partial charge >= 0.3 is 5.69 Å². The fourth-order valence-corrected chi connectivity index (χ4v) is 2.32. The molecule has 24 heavy (non-hydrogen) atoms. The molecule has 2 aromatic carbocycles. The molecule has 0 N–H and O–H groups in total. The van der Waals surface area contributed by atoms with Crippen LogP contribution in [0.2, 0.25) is 0 Å². The van der Waals surface area contributed by atoms with Crippen molar-refractivity contribution in [3.05, 3.63) is 76.0 Å². The van der Waals surface area contributed by atoms with Crippen molar-refractivity contribution < 1.29 is 13.7 Å². The number of halogens is 2. The van der Waals surface area contributed by atoms with Crippen molar-refractivity contribution in [2.45, 2.75) is 6.92 Å². The lowest BCUT2D eigenvalue weighted by Gasteiger charge is -2.08. The number of hydrogen-bond acceptors (Lipinski definition) is 4. The molecule has 0 saturated carbocycles. The van der Waals surface area contributed by atoms with Crippen molar-refractivity contribution in [1.29, 1.82) is 0 Å². The van der Waals surface area contributed by atoms with Crippen molar-refractivity contribution >= 4 is 5.69 Å². The topological polar surface area (TPSA) is 68.9 Å². The third kappa shape index (κ3) is 2.96. The van der Waals surface area contributed by atoms with Crippen molar-refractivity contribution in [3.63, 3.8) is 0 Å². The number of aromatic nitrogens is 2. The highest BCUT2D eigenvalue weighted by molar-refractivity contribution is 5.73. The highest BCUT2D eigenvalue weighted by Gasteiger charge is 2.23. The van der Waals surface area contributed by atoms with Gasteiger partial charge < -0.3 is 0 Å². The molecular weight excluding hydrogens is 316 g/mol. The Balaban J connectivity index is 2.22. The third-order valence-corrected chi connectivity index (χ3v) is 3.46. The zero-order valence-corrected chi connectivity index (χ0v) is 12.5. The van der Waals surface area contributed by atoms with Gasteiger partial charge in [-0.3, -0.25) is 10.1 Å². The molecule has 0 spiro atoms. The van der Waals surface area contributed by atoms with Gasteiger partial charge in [0.15, 0.2) is 11.5 Å². The Morgan fingerprint density at radius 2 is 1.38 bits per heavy atom. The summed E-state index contributed by atoms with van der Waals surface area (Å²) < 4.78 is 26.2. The fraction of sp³-hybridized carbons (Fsp3) is 0.0588. The van der Waals surface area contributed by atoms with E-state index < -0.39 is 16.6 Å². The molecule has 0 unspecified atom stereocenters. The zero-order chi connectivity index (χ0) is 17.3. The summed E-state index contributed by atoms with van der Waals surface area (Å²) in [6.07, 6.45) is 0. The molecule has 120 valence electrons. The second kappa shape index (κ2) is 6.11. The molecule has 1 heterocycles. The van der Waals surface area contributed by atoms with Gasteiger partial charge in [0.2, 0.25) is 0 Å². The monoisotopic (exact) mass is 327 g/mol. The summed E-state index contributed by atoms with van der Waals surface area (Å²) in [5.74, 6) is -0.625. The first-order valence-corrected chi connectivity index (χ1v) is 7.00. The van der Waals surface area contributed by atoms with Gasteiger partial charge in [-0.2, -0.15) is 0 Å². The quantitative estimate of drug-likeness (QED) is 0.531. The van der Waals surface area contributed by atoms with E-state index in [0.717, 1.165) is 0 Å². The van der Waals surface area contributed by atoms with Crippen LogP contribution in [0.15, 0.2) is 48.5 Å². The van der Waals surface area contributed by atoms with Crippen LogP contribution in [0.25, 0.3) is 22.6 Å². The number of benzene rings is 2. The first-order valence-electron chi connectivity index (χ1n) is 7.00. The summed E-state index contributed by atoms with van der Waals surface area (Å²) in [7, 11) is 0. The van der Waals surface area contributed by atoms with Crippen LogP contribution in [-0.4, -0.2) is 14.9 Å². The van der Waals surface area contributed by atoms with Crippen LogP contribution < -0.4 is 0 Å². The fourth-order valence-electron chi connectivity index (χ4n) is 2.32. The molecule has 3 aromatic rings. The van der Waals surface area contributed by atoms with Crippen molar-refractivity contribution in [2.75, 3.05) is 0 Å². The molecule has 0 aliphatic heterocycles. The molecule has 7 heteroatoms. The Morgan fingerprint density at radius 1 is 0.875 bits per heavy atom. The molecule has 0 radical (unpaired) electrons. The maximum absolute atomic E-state index is 13.1. The summed E-state index contributed by atoms with van der Waals surface area (Å²) in [6, 6.07) is 10.7. The van der Waals surface area contributed by atoms with E-state index in [2.05, 4.69) is 9.97 Å². The molecule has 0 saturated heterocycles. The average molecular weight is 327 g/mol. The van der Waals surface area contributed by atoms with Crippen LogP contribution in [0.4, 0.5) is 14.5 Å². The number of rotatable bonds is 3. The lowest BCUT2D eigenvalue weighted by atomic mass is 10.1. The largest absolute Gasteiger partial charge is 0.316 e. The van der Waals surface area contributed by atoms with Crippen LogP contribution in [0.1, 0.15) is 5.69 Å². The lowest BCUT2D eigenvalue weighted by Crippen LogP contribution is -2.03. The Morgan fingerprint density at radius 3 is 1.88 bits per heavy atom. The summed E-state index contributed by atoms with van der Waals surface area (Å²) in [6.45, 7) is 1.50. The van der Waals surface area contributed by atoms with Crippen LogP contribution in [0, 0.1) is 28.7 Å². The molecule has 0 aliphatic carbocycles. The van der Waals surface area contributed by atoms with E-state index in [1.165, 1.54) is 55.5 Å². The Hall–Kier alpha value is -3.22. The Bertz CT molecular complexity index is 910. The predicted octanol–water partition coefficient (Wildman–Crippen LogP) is 4.31. The van der Waals surface area contributed by atoms with E-state index in [1.54, 1.807) is 0 Å². The SMILES string of the molecule is Cc1nc(-c2ccc(F)cc2)nc(-c2ccc(F)cc2)c1[N+](=O)[O-]. The first-order chi connectivity index (χ1) is 11.5. The molecule has 0 amide bonds. The Kier molecular flexibility index (Phi) is 3.99. The van der Waals surface area contributed by atoms with Crippen LogP contribution in [-0.2, 0) is 0 Å². The van der Waals surface area contributed by atoms with Crippen molar-refractivity contribution in [3.8, 4) is 22.6 Å². The van der Waals surface area contributed by atoms with Gasteiger partial charge in [-0.15, -0.1) is 0 Å². The normalized spacial score (nSPS) is 10.6. The molecule has 3 rings (SSSR count). The zero-order valence-electron chi connectivity index (χ0n) is 12.5. The number of nitrogens with zero attached hydrogens (tertiary/aromatic N) is 3. The van der Waals surface area contributed by atoms with Gasteiger partial charge in [0.25, 0.3) is 0 Å². The molecular formula is C17H11F2N3O2. The van der Waals surface area contributed by atoms with Gasteiger partial charge in [-0.05, 0) is 55.5 Å². The third-order valence-electron chi connectivity index (χ3n) is 3.46. The molecule has 0 bridgehead atoms. The second-order valence-electron chi connectivity index (χ2n) is 5.10. The molecule has 0 atom stereocenters. The van der Waals surface area contributed by atoms with E-state index in [1.807, 2.05) is 0 Å². The highest BCUT2D eigenvalue weighted by Crippen LogP contribution is 2.32.